The third-order valence-corrected chi connectivity index (χ3v) is 5.17. The molecule has 1 heterocycles. The number of methoxy groups -OCH3 is 1. The number of nitrogens with zero attached hydrogens (tertiary/aromatic N) is 1. The molecule has 0 saturated carbocycles. The first-order valence-corrected chi connectivity index (χ1v) is 11.3. The van der Waals surface area contributed by atoms with Gasteiger partial charge in [0.15, 0.2) is 18.1 Å². The van der Waals surface area contributed by atoms with Gasteiger partial charge in [-0.05, 0) is 58.4 Å². The lowest BCUT2D eigenvalue weighted by Gasteiger charge is -2.12. The molecule has 9 nitrogen and oxygen atoms in total. The molecule has 0 aliphatic heterocycles. The number of rotatable bonds is 14. The van der Waals surface area contributed by atoms with Crippen LogP contribution >= 0.6 is 0 Å². The first kappa shape index (κ1) is 26.9. The van der Waals surface area contributed by atoms with Crippen molar-refractivity contribution in [3.8, 4) is 11.5 Å². The van der Waals surface area contributed by atoms with Crippen LogP contribution in [-0.2, 0) is 20.8 Å². The predicted molar refractivity (Wildman–Crippen MR) is 127 cm³/mol. The molecule has 2 aromatic rings. The highest BCUT2D eigenvalue weighted by Crippen LogP contribution is 2.28. The van der Waals surface area contributed by atoms with Crippen LogP contribution in [0.15, 0.2) is 24.3 Å². The minimum atomic E-state index is -0.702. The first-order valence-electron chi connectivity index (χ1n) is 11.3. The van der Waals surface area contributed by atoms with Crippen molar-refractivity contribution >= 4 is 17.7 Å². The number of aryl methyl sites for hydroxylation is 1. The van der Waals surface area contributed by atoms with E-state index in [2.05, 4.69) is 5.32 Å². The fraction of sp³-hybridized carbons (Fsp3) is 0.480. The Labute approximate surface area is 200 Å². The smallest absolute Gasteiger partial charge is 0.325 e. The molecule has 2 rings (SSSR count). The van der Waals surface area contributed by atoms with Gasteiger partial charge in [0.05, 0.1) is 13.2 Å². The number of aromatic nitrogens is 1. The van der Waals surface area contributed by atoms with Gasteiger partial charge < -0.3 is 28.8 Å². The van der Waals surface area contributed by atoms with E-state index in [1.165, 1.54) is 0 Å². The minimum absolute atomic E-state index is 0.293. The van der Waals surface area contributed by atoms with Crippen molar-refractivity contribution in [1.82, 2.24) is 9.88 Å². The van der Waals surface area contributed by atoms with Gasteiger partial charge in [-0.1, -0.05) is 0 Å². The molecule has 1 amide bonds. The Kier molecular flexibility index (Phi) is 10.6. The first-order chi connectivity index (χ1) is 16.3. The number of carbonyl (C=O) groups is 3. The molecular formula is C25H34N2O7. The molecule has 0 unspecified atom stereocenters. The molecular weight excluding hydrogens is 440 g/mol. The summed E-state index contributed by atoms with van der Waals surface area (Å²) in [4.78, 5) is 37.1. The lowest BCUT2D eigenvalue weighted by molar-refractivity contribution is -0.141. The maximum Gasteiger partial charge on any atom is 0.325 e. The summed E-state index contributed by atoms with van der Waals surface area (Å²) >= 11 is 0. The zero-order chi connectivity index (χ0) is 25.1. The number of Topliss-reactive ketones (excluding diaryl/α,β-unsaturated/α-hetero) is 1. The van der Waals surface area contributed by atoms with Gasteiger partial charge in [0.1, 0.15) is 6.54 Å². The van der Waals surface area contributed by atoms with Crippen molar-refractivity contribution in [1.29, 1.82) is 0 Å². The lowest BCUT2D eigenvalue weighted by atomic mass is 10.1. The van der Waals surface area contributed by atoms with E-state index in [9.17, 15) is 14.4 Å². The van der Waals surface area contributed by atoms with E-state index in [4.69, 9.17) is 18.9 Å². The summed E-state index contributed by atoms with van der Waals surface area (Å²) in [6, 6.07) is 6.58. The number of amides is 1. The molecule has 34 heavy (non-hydrogen) atoms. The molecule has 186 valence electrons. The van der Waals surface area contributed by atoms with Crippen molar-refractivity contribution in [3.63, 3.8) is 0 Å². The fourth-order valence-corrected chi connectivity index (χ4v) is 3.52. The molecule has 1 N–H and O–H groups in total. The minimum Gasteiger partial charge on any atom is -0.490 e. The van der Waals surface area contributed by atoms with E-state index in [1.807, 2.05) is 32.3 Å². The summed E-state index contributed by atoms with van der Waals surface area (Å²) in [7, 11) is 1.65. The van der Waals surface area contributed by atoms with Crippen molar-refractivity contribution in [3.05, 3.63) is 46.8 Å². The van der Waals surface area contributed by atoms with E-state index < -0.39 is 18.5 Å². The average Bonchev–Trinajstić information content (AvgIpc) is 3.11. The molecule has 0 aliphatic rings. The number of carbonyl (C=O) groups excluding carboxylic acids is 3. The summed E-state index contributed by atoms with van der Waals surface area (Å²) in [6.45, 7) is 8.97. The van der Waals surface area contributed by atoms with E-state index in [1.54, 1.807) is 31.4 Å². The van der Waals surface area contributed by atoms with Gasteiger partial charge in [-0.25, -0.2) is 0 Å². The second-order valence-electron chi connectivity index (χ2n) is 7.58. The van der Waals surface area contributed by atoms with Crippen LogP contribution in [0, 0.1) is 13.8 Å². The van der Waals surface area contributed by atoms with Gasteiger partial charge in [-0.3, -0.25) is 14.4 Å². The van der Waals surface area contributed by atoms with Crippen molar-refractivity contribution in [2.24, 2.45) is 0 Å². The topological polar surface area (TPSA) is 105 Å². The van der Waals surface area contributed by atoms with Gasteiger partial charge >= 0.3 is 5.97 Å². The maximum absolute atomic E-state index is 12.6. The number of esters is 1. The Hall–Kier alpha value is -3.33. The number of ether oxygens (including phenoxy) is 4. The van der Waals surface area contributed by atoms with Crippen LogP contribution in [-0.4, -0.2) is 62.3 Å². The van der Waals surface area contributed by atoms with Crippen molar-refractivity contribution < 1.29 is 33.3 Å². The Bertz CT molecular complexity index is 997. The van der Waals surface area contributed by atoms with Crippen LogP contribution in [0.3, 0.4) is 0 Å². The summed E-state index contributed by atoms with van der Waals surface area (Å²) in [5.41, 5.74) is 2.61. The SMILES string of the molecule is CCOc1ccc(C(=O)NCC(=O)OCC(=O)c2cc(C)n(CCCOC)c2C)cc1OCC. The van der Waals surface area contributed by atoms with E-state index in [-0.39, 0.29) is 12.3 Å². The number of ketones is 1. The highest BCUT2D eigenvalue weighted by molar-refractivity contribution is 6.00. The fourth-order valence-electron chi connectivity index (χ4n) is 3.52. The molecule has 0 radical (unpaired) electrons. The van der Waals surface area contributed by atoms with E-state index in [0.717, 1.165) is 24.4 Å². The third-order valence-electron chi connectivity index (χ3n) is 5.17. The molecule has 0 bridgehead atoms. The summed E-state index contributed by atoms with van der Waals surface area (Å²) < 4.78 is 23.2. The molecule has 0 atom stereocenters. The van der Waals surface area contributed by atoms with Crippen LogP contribution in [0.2, 0.25) is 0 Å². The van der Waals surface area contributed by atoms with Gasteiger partial charge in [-0.15, -0.1) is 0 Å². The van der Waals surface area contributed by atoms with Gasteiger partial charge in [0, 0.05) is 42.8 Å². The highest BCUT2D eigenvalue weighted by Gasteiger charge is 2.18. The van der Waals surface area contributed by atoms with Crippen LogP contribution in [0.1, 0.15) is 52.4 Å². The van der Waals surface area contributed by atoms with E-state index in [0.29, 0.717) is 42.4 Å². The van der Waals surface area contributed by atoms with Crippen molar-refractivity contribution in [2.75, 3.05) is 40.1 Å². The van der Waals surface area contributed by atoms with Crippen LogP contribution in [0.5, 0.6) is 11.5 Å². The molecule has 9 heteroatoms. The number of nitrogens with one attached hydrogen (secondary N) is 1. The monoisotopic (exact) mass is 474 g/mol. The van der Waals surface area contributed by atoms with Crippen LogP contribution < -0.4 is 14.8 Å². The Morgan fingerprint density at radius 1 is 1.00 bits per heavy atom. The standard InChI is InChI=1S/C25H34N2O7/c1-6-32-22-10-9-19(14-23(22)33-7-2)25(30)26-15-24(29)34-16-21(28)20-13-17(3)27(18(20)4)11-8-12-31-5/h9-10,13-14H,6-8,11-12,15-16H2,1-5H3,(H,26,30). The second kappa shape index (κ2) is 13.4. The van der Waals surface area contributed by atoms with Crippen LogP contribution in [0.4, 0.5) is 0 Å². The largest absolute Gasteiger partial charge is 0.490 e. The lowest BCUT2D eigenvalue weighted by Crippen LogP contribution is -2.31. The molecule has 0 spiro atoms. The number of hydrogen-bond donors (Lipinski definition) is 1. The molecule has 1 aromatic carbocycles. The van der Waals surface area contributed by atoms with Gasteiger partial charge in [-0.2, -0.15) is 0 Å². The zero-order valence-electron chi connectivity index (χ0n) is 20.6. The Morgan fingerprint density at radius 3 is 2.38 bits per heavy atom. The normalized spacial score (nSPS) is 10.6. The predicted octanol–water partition coefficient (Wildman–Crippen LogP) is 3.09. The maximum atomic E-state index is 12.6. The molecule has 0 fully saturated rings. The summed E-state index contributed by atoms with van der Waals surface area (Å²) in [6.07, 6.45) is 0.829. The second-order valence-corrected chi connectivity index (χ2v) is 7.58. The zero-order valence-corrected chi connectivity index (χ0v) is 20.6. The Balaban J connectivity index is 1.89. The molecule has 0 aliphatic carbocycles. The average molecular weight is 475 g/mol. The number of benzene rings is 1. The third kappa shape index (κ3) is 7.34. The van der Waals surface area contributed by atoms with Crippen molar-refractivity contribution in [2.45, 2.75) is 40.7 Å². The van der Waals surface area contributed by atoms with Gasteiger partial charge in [0.25, 0.3) is 5.91 Å². The Morgan fingerprint density at radius 2 is 1.71 bits per heavy atom. The van der Waals surface area contributed by atoms with Crippen LogP contribution in [0.25, 0.3) is 0 Å². The highest BCUT2D eigenvalue weighted by atomic mass is 16.5. The molecule has 0 saturated heterocycles. The summed E-state index contributed by atoms with van der Waals surface area (Å²) in [5.74, 6) is -0.473. The van der Waals surface area contributed by atoms with Gasteiger partial charge in [0.2, 0.25) is 5.78 Å². The molecule has 1 aromatic heterocycles. The number of hydrogen-bond acceptors (Lipinski definition) is 7. The van der Waals surface area contributed by atoms with E-state index >= 15 is 0 Å². The quantitative estimate of drug-likeness (QED) is 0.255. The summed E-state index contributed by atoms with van der Waals surface area (Å²) in [5, 5.41) is 2.50.